The molecule has 1 aromatic rings. The Morgan fingerprint density at radius 2 is 2.05 bits per heavy atom. The van der Waals surface area contributed by atoms with E-state index in [2.05, 4.69) is 0 Å². The monoisotopic (exact) mass is 284 g/mol. The fourth-order valence-corrected chi connectivity index (χ4v) is 1.69. The van der Waals surface area contributed by atoms with Crippen molar-refractivity contribution in [2.45, 2.75) is 18.9 Å². The van der Waals surface area contributed by atoms with Gasteiger partial charge in [0.25, 0.3) is 0 Å². The number of ether oxygens (including phenoxy) is 3. The highest BCUT2D eigenvalue weighted by Gasteiger charge is 2.17. The van der Waals surface area contributed by atoms with Crippen molar-refractivity contribution in [1.29, 1.82) is 0 Å². The van der Waals surface area contributed by atoms with Crippen molar-refractivity contribution in [1.82, 2.24) is 0 Å². The van der Waals surface area contributed by atoms with Crippen LogP contribution in [0.4, 0.5) is 0 Å². The van der Waals surface area contributed by atoms with Crippen molar-refractivity contribution >= 4 is 5.97 Å². The standard InChI is InChI=1S/C14H20O6/c1-18-12-8-10(9-13(19-2)14(16)17)4-5-11(12)20-7-3-6-15/h4-5,8,13,15H,3,6-7,9H2,1-2H3,(H,16,17)/t13-/m0/s1. The molecule has 0 unspecified atom stereocenters. The van der Waals surface area contributed by atoms with Crippen molar-refractivity contribution in [2.75, 3.05) is 27.4 Å². The highest BCUT2D eigenvalue weighted by molar-refractivity contribution is 5.72. The normalized spacial score (nSPS) is 11.9. The summed E-state index contributed by atoms with van der Waals surface area (Å²) in [4.78, 5) is 10.9. The lowest BCUT2D eigenvalue weighted by atomic mass is 10.1. The predicted octanol–water partition coefficient (Wildman–Crippen LogP) is 1.10. The van der Waals surface area contributed by atoms with Crippen molar-refractivity contribution in [3.8, 4) is 11.5 Å². The van der Waals surface area contributed by atoms with E-state index >= 15 is 0 Å². The van der Waals surface area contributed by atoms with Crippen molar-refractivity contribution in [3.63, 3.8) is 0 Å². The van der Waals surface area contributed by atoms with Crippen LogP contribution in [0.1, 0.15) is 12.0 Å². The number of aliphatic carboxylic acids is 1. The van der Waals surface area contributed by atoms with E-state index in [0.29, 0.717) is 24.5 Å². The molecular weight excluding hydrogens is 264 g/mol. The first kappa shape index (κ1) is 16.3. The van der Waals surface area contributed by atoms with Crippen LogP contribution in [0.2, 0.25) is 0 Å². The molecule has 0 fully saturated rings. The van der Waals surface area contributed by atoms with Crippen LogP contribution in [0.5, 0.6) is 11.5 Å². The summed E-state index contributed by atoms with van der Waals surface area (Å²) in [6, 6.07) is 5.22. The molecule has 112 valence electrons. The summed E-state index contributed by atoms with van der Waals surface area (Å²) in [7, 11) is 2.88. The van der Waals surface area contributed by atoms with Gasteiger partial charge in [0.1, 0.15) is 0 Å². The average Bonchev–Trinajstić information content (AvgIpc) is 2.45. The smallest absolute Gasteiger partial charge is 0.333 e. The molecule has 0 aromatic heterocycles. The van der Waals surface area contributed by atoms with Gasteiger partial charge in [-0.1, -0.05) is 6.07 Å². The van der Waals surface area contributed by atoms with Gasteiger partial charge < -0.3 is 24.4 Å². The van der Waals surface area contributed by atoms with Gasteiger partial charge in [0.15, 0.2) is 17.6 Å². The highest BCUT2D eigenvalue weighted by Crippen LogP contribution is 2.28. The van der Waals surface area contributed by atoms with Crippen molar-refractivity contribution in [3.05, 3.63) is 23.8 Å². The topological polar surface area (TPSA) is 85.2 Å². The van der Waals surface area contributed by atoms with E-state index in [0.717, 1.165) is 5.56 Å². The molecule has 0 aliphatic carbocycles. The predicted molar refractivity (Wildman–Crippen MR) is 72.3 cm³/mol. The number of methoxy groups -OCH3 is 2. The van der Waals surface area contributed by atoms with Crippen LogP contribution >= 0.6 is 0 Å². The quantitative estimate of drug-likeness (QED) is 0.660. The zero-order chi connectivity index (χ0) is 15.0. The molecule has 0 amide bonds. The Bertz CT molecular complexity index is 432. The zero-order valence-corrected chi connectivity index (χ0v) is 11.7. The summed E-state index contributed by atoms with van der Waals surface area (Å²) in [5, 5.41) is 17.7. The second-order valence-corrected chi connectivity index (χ2v) is 4.18. The van der Waals surface area contributed by atoms with E-state index in [9.17, 15) is 4.79 Å². The largest absolute Gasteiger partial charge is 0.493 e. The first-order valence-electron chi connectivity index (χ1n) is 6.28. The second-order valence-electron chi connectivity index (χ2n) is 4.18. The van der Waals surface area contributed by atoms with Gasteiger partial charge in [-0.3, -0.25) is 0 Å². The fourth-order valence-electron chi connectivity index (χ4n) is 1.69. The summed E-state index contributed by atoms with van der Waals surface area (Å²) in [5.74, 6) is 0.0874. The summed E-state index contributed by atoms with van der Waals surface area (Å²) in [6.45, 7) is 0.455. The molecule has 6 nitrogen and oxygen atoms in total. The fraction of sp³-hybridized carbons (Fsp3) is 0.500. The third-order valence-corrected chi connectivity index (χ3v) is 2.77. The van der Waals surface area contributed by atoms with Gasteiger partial charge in [0, 0.05) is 26.6 Å². The maximum atomic E-state index is 10.9. The van der Waals surface area contributed by atoms with Gasteiger partial charge in [-0.15, -0.1) is 0 Å². The molecule has 0 saturated heterocycles. The number of benzene rings is 1. The van der Waals surface area contributed by atoms with Crippen LogP contribution in [-0.2, 0) is 16.0 Å². The maximum absolute atomic E-state index is 10.9. The third kappa shape index (κ3) is 4.71. The summed E-state index contributed by atoms with van der Waals surface area (Å²) in [6.07, 6.45) is -0.102. The molecule has 0 heterocycles. The van der Waals surface area contributed by atoms with Crippen molar-refractivity contribution in [2.24, 2.45) is 0 Å². The third-order valence-electron chi connectivity index (χ3n) is 2.77. The van der Waals surface area contributed by atoms with Crippen LogP contribution in [0, 0.1) is 0 Å². The molecule has 0 bridgehead atoms. The minimum atomic E-state index is -1.00. The maximum Gasteiger partial charge on any atom is 0.333 e. The summed E-state index contributed by atoms with van der Waals surface area (Å²) >= 11 is 0. The molecule has 1 atom stereocenters. The lowest BCUT2D eigenvalue weighted by Crippen LogP contribution is -2.24. The Morgan fingerprint density at radius 1 is 1.30 bits per heavy atom. The van der Waals surface area contributed by atoms with Crippen LogP contribution in [0.25, 0.3) is 0 Å². The number of carbonyl (C=O) groups is 1. The van der Waals surface area contributed by atoms with Crippen LogP contribution < -0.4 is 9.47 Å². The first-order valence-corrected chi connectivity index (χ1v) is 6.28. The lowest BCUT2D eigenvalue weighted by Gasteiger charge is -2.14. The van der Waals surface area contributed by atoms with Crippen LogP contribution in [-0.4, -0.2) is 49.7 Å². The molecule has 1 aromatic carbocycles. The van der Waals surface area contributed by atoms with E-state index in [-0.39, 0.29) is 13.0 Å². The number of hydrogen-bond acceptors (Lipinski definition) is 5. The number of hydrogen-bond donors (Lipinski definition) is 2. The van der Waals surface area contributed by atoms with Gasteiger partial charge in [0.05, 0.1) is 13.7 Å². The number of carboxylic acids is 1. The zero-order valence-electron chi connectivity index (χ0n) is 11.7. The van der Waals surface area contributed by atoms with E-state index in [1.54, 1.807) is 18.2 Å². The SMILES string of the molecule is COc1cc(C[C@H](OC)C(=O)O)ccc1OCCCO. The van der Waals surface area contributed by atoms with E-state index in [4.69, 9.17) is 24.4 Å². The molecule has 2 N–H and O–H groups in total. The number of aliphatic hydroxyl groups excluding tert-OH is 1. The molecular formula is C14H20O6. The molecule has 6 heteroatoms. The molecule has 0 radical (unpaired) electrons. The molecule has 0 aliphatic heterocycles. The number of rotatable bonds is 9. The molecule has 0 aliphatic rings. The van der Waals surface area contributed by atoms with Gasteiger partial charge in [-0.05, 0) is 17.7 Å². The molecule has 1 rings (SSSR count). The van der Waals surface area contributed by atoms with Crippen LogP contribution in [0.3, 0.4) is 0 Å². The number of carboxylic acid groups (broad SMARTS) is 1. The van der Waals surface area contributed by atoms with Gasteiger partial charge in [-0.2, -0.15) is 0 Å². The number of aliphatic hydroxyl groups is 1. The first-order chi connectivity index (χ1) is 9.62. The molecule has 20 heavy (non-hydrogen) atoms. The van der Waals surface area contributed by atoms with Gasteiger partial charge >= 0.3 is 5.97 Å². The Labute approximate surface area is 117 Å². The van der Waals surface area contributed by atoms with E-state index in [1.807, 2.05) is 0 Å². The minimum Gasteiger partial charge on any atom is -0.493 e. The minimum absolute atomic E-state index is 0.0640. The highest BCUT2D eigenvalue weighted by atomic mass is 16.5. The Balaban J connectivity index is 2.78. The van der Waals surface area contributed by atoms with E-state index < -0.39 is 12.1 Å². The Kier molecular flexibility index (Phi) is 6.83. The van der Waals surface area contributed by atoms with Crippen molar-refractivity contribution < 1.29 is 29.2 Å². The lowest BCUT2D eigenvalue weighted by molar-refractivity contribution is -0.148. The van der Waals surface area contributed by atoms with Gasteiger partial charge in [-0.25, -0.2) is 4.79 Å². The molecule has 0 spiro atoms. The second kappa shape index (κ2) is 8.39. The summed E-state index contributed by atoms with van der Waals surface area (Å²) in [5.41, 5.74) is 0.783. The van der Waals surface area contributed by atoms with Crippen LogP contribution in [0.15, 0.2) is 18.2 Å². The van der Waals surface area contributed by atoms with Gasteiger partial charge in [0.2, 0.25) is 0 Å². The Hall–Kier alpha value is -1.79. The van der Waals surface area contributed by atoms with E-state index in [1.165, 1.54) is 14.2 Å². The molecule has 0 saturated carbocycles. The average molecular weight is 284 g/mol. The summed E-state index contributed by atoms with van der Waals surface area (Å²) < 4.78 is 15.6. The Morgan fingerprint density at radius 3 is 2.60 bits per heavy atom.